The highest BCUT2D eigenvalue weighted by atomic mass is 79.9. The Balaban J connectivity index is 1.50. The fourth-order valence-electron chi connectivity index (χ4n) is 2.69. The van der Waals surface area contributed by atoms with E-state index in [9.17, 15) is 5.11 Å². The lowest BCUT2D eigenvalue weighted by Crippen LogP contribution is -2.38. The molecular formula is C16H19BrN4O. The second kappa shape index (κ2) is 7.07. The fourth-order valence-corrected chi connectivity index (χ4v) is 2.88. The number of piperidine rings is 1. The molecule has 0 amide bonds. The van der Waals surface area contributed by atoms with Gasteiger partial charge in [0.05, 0.1) is 10.7 Å². The molecule has 116 valence electrons. The summed E-state index contributed by atoms with van der Waals surface area (Å²) in [5.41, 5.74) is 1.36. The molecular weight excluding hydrogens is 344 g/mol. The van der Waals surface area contributed by atoms with E-state index in [-0.39, 0.29) is 5.88 Å². The molecule has 0 saturated carbocycles. The number of nitrogens with zero attached hydrogens (tertiary/aromatic N) is 3. The third kappa shape index (κ3) is 3.96. The molecule has 2 heterocycles. The van der Waals surface area contributed by atoms with Gasteiger partial charge >= 0.3 is 0 Å². The van der Waals surface area contributed by atoms with Crippen LogP contribution in [0.4, 0.5) is 5.95 Å². The molecule has 5 nitrogen and oxygen atoms in total. The molecule has 0 aliphatic carbocycles. The molecule has 1 saturated heterocycles. The van der Waals surface area contributed by atoms with Crippen LogP contribution < -0.4 is 5.32 Å². The van der Waals surface area contributed by atoms with Gasteiger partial charge in [-0.05, 0) is 34.3 Å². The van der Waals surface area contributed by atoms with Gasteiger partial charge < -0.3 is 10.4 Å². The number of likely N-dealkylation sites (tertiary alicyclic amines) is 1. The van der Waals surface area contributed by atoms with Crippen molar-refractivity contribution in [2.45, 2.75) is 25.4 Å². The summed E-state index contributed by atoms with van der Waals surface area (Å²) in [5, 5.41) is 12.9. The van der Waals surface area contributed by atoms with E-state index in [1.807, 2.05) is 6.07 Å². The van der Waals surface area contributed by atoms with Crippen molar-refractivity contribution in [3.05, 3.63) is 46.6 Å². The van der Waals surface area contributed by atoms with Crippen molar-refractivity contribution >= 4 is 21.9 Å². The van der Waals surface area contributed by atoms with Gasteiger partial charge in [0.15, 0.2) is 0 Å². The van der Waals surface area contributed by atoms with Crippen LogP contribution in [0.1, 0.15) is 18.4 Å². The van der Waals surface area contributed by atoms with Crippen LogP contribution in [-0.2, 0) is 6.54 Å². The van der Waals surface area contributed by atoms with Gasteiger partial charge in [-0.25, -0.2) is 4.98 Å². The lowest BCUT2D eigenvalue weighted by molar-refractivity contribution is 0.211. The lowest BCUT2D eigenvalue weighted by Gasteiger charge is -2.32. The highest BCUT2D eigenvalue weighted by molar-refractivity contribution is 9.10. The van der Waals surface area contributed by atoms with E-state index in [2.05, 4.69) is 60.4 Å². The van der Waals surface area contributed by atoms with Gasteiger partial charge in [0.25, 0.3) is 0 Å². The van der Waals surface area contributed by atoms with E-state index in [0.29, 0.717) is 16.5 Å². The summed E-state index contributed by atoms with van der Waals surface area (Å²) in [6.07, 6.45) is 3.66. The molecule has 2 N–H and O–H groups in total. The van der Waals surface area contributed by atoms with Crippen LogP contribution in [0.15, 0.2) is 41.0 Å². The zero-order valence-corrected chi connectivity index (χ0v) is 13.8. The Morgan fingerprint density at radius 1 is 1.23 bits per heavy atom. The molecule has 2 aromatic rings. The number of benzene rings is 1. The quantitative estimate of drug-likeness (QED) is 0.875. The second-order valence-electron chi connectivity index (χ2n) is 5.55. The molecule has 6 heteroatoms. The van der Waals surface area contributed by atoms with Crippen molar-refractivity contribution in [3.8, 4) is 5.88 Å². The van der Waals surface area contributed by atoms with Gasteiger partial charge in [-0.3, -0.25) is 4.90 Å². The minimum atomic E-state index is -0.0287. The Morgan fingerprint density at radius 3 is 2.64 bits per heavy atom. The highest BCUT2D eigenvalue weighted by Gasteiger charge is 2.20. The maximum absolute atomic E-state index is 9.59. The first-order valence-electron chi connectivity index (χ1n) is 7.45. The number of nitrogens with one attached hydrogen (secondary N) is 1. The number of aromatic hydroxyl groups is 1. The van der Waals surface area contributed by atoms with Crippen molar-refractivity contribution in [1.82, 2.24) is 14.9 Å². The summed E-state index contributed by atoms with van der Waals surface area (Å²) < 4.78 is 0.510. The van der Waals surface area contributed by atoms with Gasteiger partial charge in [-0.2, -0.15) is 4.98 Å². The summed E-state index contributed by atoms with van der Waals surface area (Å²) in [7, 11) is 0. The minimum absolute atomic E-state index is 0.0287. The van der Waals surface area contributed by atoms with Gasteiger partial charge in [-0.15, -0.1) is 0 Å². The predicted molar refractivity (Wildman–Crippen MR) is 89.8 cm³/mol. The first-order chi connectivity index (χ1) is 10.7. The fraction of sp³-hybridized carbons (Fsp3) is 0.375. The minimum Gasteiger partial charge on any atom is -0.492 e. The van der Waals surface area contributed by atoms with Crippen molar-refractivity contribution in [2.75, 3.05) is 18.4 Å². The van der Waals surface area contributed by atoms with E-state index in [0.717, 1.165) is 32.5 Å². The van der Waals surface area contributed by atoms with E-state index < -0.39 is 0 Å². The van der Waals surface area contributed by atoms with Gasteiger partial charge in [0, 0.05) is 25.7 Å². The van der Waals surface area contributed by atoms with Crippen LogP contribution in [0, 0.1) is 0 Å². The van der Waals surface area contributed by atoms with Crippen molar-refractivity contribution in [1.29, 1.82) is 0 Å². The number of rotatable bonds is 4. The summed E-state index contributed by atoms with van der Waals surface area (Å²) in [4.78, 5) is 10.7. The average molecular weight is 363 g/mol. The number of anilines is 1. The Morgan fingerprint density at radius 2 is 1.95 bits per heavy atom. The Bertz CT molecular complexity index is 615. The zero-order valence-electron chi connectivity index (χ0n) is 12.2. The highest BCUT2D eigenvalue weighted by Crippen LogP contribution is 2.22. The number of hydrogen-bond donors (Lipinski definition) is 2. The monoisotopic (exact) mass is 362 g/mol. The summed E-state index contributed by atoms with van der Waals surface area (Å²) in [6, 6.07) is 10.9. The zero-order chi connectivity index (χ0) is 15.4. The normalized spacial score (nSPS) is 16.6. The summed E-state index contributed by atoms with van der Waals surface area (Å²) in [6.45, 7) is 3.10. The van der Waals surface area contributed by atoms with Crippen LogP contribution in [0.25, 0.3) is 0 Å². The molecule has 0 bridgehead atoms. The third-order valence-corrected chi connectivity index (χ3v) is 4.45. The van der Waals surface area contributed by atoms with Crippen LogP contribution >= 0.6 is 15.9 Å². The standard InChI is InChI=1S/C16H19BrN4O/c17-14-10-18-16(20-15(14)22)19-13-6-8-21(9-7-13)11-12-4-2-1-3-5-12/h1-5,10,13H,6-9,11H2,(H2,18,19,20,22). The summed E-state index contributed by atoms with van der Waals surface area (Å²) >= 11 is 3.18. The molecule has 1 aliphatic heterocycles. The smallest absolute Gasteiger partial charge is 0.230 e. The molecule has 1 fully saturated rings. The van der Waals surface area contributed by atoms with Crippen LogP contribution in [0.3, 0.4) is 0 Å². The van der Waals surface area contributed by atoms with Gasteiger partial charge in [0.2, 0.25) is 11.8 Å². The summed E-state index contributed by atoms with van der Waals surface area (Å²) in [5.74, 6) is 0.459. The topological polar surface area (TPSA) is 61.3 Å². The van der Waals surface area contributed by atoms with E-state index in [1.54, 1.807) is 6.20 Å². The number of hydrogen-bond acceptors (Lipinski definition) is 5. The predicted octanol–water partition coefficient (Wildman–Crippen LogP) is 3.02. The van der Waals surface area contributed by atoms with Crippen molar-refractivity contribution in [3.63, 3.8) is 0 Å². The number of halogens is 1. The molecule has 0 unspecified atom stereocenters. The van der Waals surface area contributed by atoms with E-state index >= 15 is 0 Å². The van der Waals surface area contributed by atoms with Crippen LogP contribution in [-0.4, -0.2) is 39.1 Å². The molecule has 1 aromatic heterocycles. The van der Waals surface area contributed by atoms with Crippen molar-refractivity contribution in [2.24, 2.45) is 0 Å². The molecule has 0 spiro atoms. The molecule has 3 rings (SSSR count). The first-order valence-corrected chi connectivity index (χ1v) is 8.24. The molecule has 0 atom stereocenters. The van der Waals surface area contributed by atoms with Gasteiger partial charge in [-0.1, -0.05) is 30.3 Å². The number of aromatic nitrogens is 2. The van der Waals surface area contributed by atoms with Crippen LogP contribution in [0.2, 0.25) is 0 Å². The molecule has 1 aliphatic rings. The molecule has 22 heavy (non-hydrogen) atoms. The molecule has 1 aromatic carbocycles. The van der Waals surface area contributed by atoms with Crippen molar-refractivity contribution < 1.29 is 5.11 Å². The Labute approximate surface area is 138 Å². The maximum Gasteiger partial charge on any atom is 0.230 e. The lowest BCUT2D eigenvalue weighted by atomic mass is 10.0. The van der Waals surface area contributed by atoms with Gasteiger partial charge in [0.1, 0.15) is 0 Å². The Hall–Kier alpha value is -1.66. The maximum atomic E-state index is 9.59. The SMILES string of the molecule is Oc1nc(NC2CCN(Cc3ccccc3)CC2)ncc1Br. The van der Waals surface area contributed by atoms with E-state index in [1.165, 1.54) is 5.56 Å². The largest absolute Gasteiger partial charge is 0.492 e. The van der Waals surface area contributed by atoms with E-state index in [4.69, 9.17) is 0 Å². The third-order valence-electron chi connectivity index (χ3n) is 3.90. The first kappa shape index (κ1) is 15.2. The second-order valence-corrected chi connectivity index (χ2v) is 6.40. The Kier molecular flexibility index (Phi) is 4.90. The van der Waals surface area contributed by atoms with Crippen LogP contribution in [0.5, 0.6) is 5.88 Å². The average Bonchev–Trinajstić information content (AvgIpc) is 2.54. The molecule has 0 radical (unpaired) electrons.